The second-order valence-corrected chi connectivity index (χ2v) is 6.39. The number of aryl methyl sites for hydroxylation is 2. The Morgan fingerprint density at radius 2 is 2.08 bits per heavy atom. The van der Waals surface area contributed by atoms with Gasteiger partial charge in [0.1, 0.15) is 5.82 Å². The SMILES string of the molecule is CO[C@H]1C[C@@H](C(=O)Nc2cc(-c3ccccc3C)nn2C)N(C)C1. The summed E-state index contributed by atoms with van der Waals surface area (Å²) < 4.78 is 7.08. The molecule has 0 spiro atoms. The quantitative estimate of drug-likeness (QED) is 0.933. The fraction of sp³-hybridized carbons (Fsp3) is 0.444. The third-order valence-electron chi connectivity index (χ3n) is 4.70. The van der Waals surface area contributed by atoms with Gasteiger partial charge in [-0.15, -0.1) is 0 Å². The van der Waals surface area contributed by atoms with Gasteiger partial charge in [0.25, 0.3) is 0 Å². The van der Waals surface area contributed by atoms with E-state index in [0.717, 1.165) is 23.4 Å². The van der Waals surface area contributed by atoms with Gasteiger partial charge < -0.3 is 10.1 Å². The number of hydrogen-bond acceptors (Lipinski definition) is 4. The Bertz CT molecular complexity index is 740. The van der Waals surface area contributed by atoms with Crippen LogP contribution in [0.5, 0.6) is 0 Å². The highest BCUT2D eigenvalue weighted by Gasteiger charge is 2.34. The number of benzene rings is 1. The molecule has 6 heteroatoms. The van der Waals surface area contributed by atoms with E-state index in [1.807, 2.05) is 43.3 Å². The summed E-state index contributed by atoms with van der Waals surface area (Å²) in [6.45, 7) is 2.83. The van der Waals surface area contributed by atoms with Crippen molar-refractivity contribution in [1.29, 1.82) is 0 Å². The summed E-state index contributed by atoms with van der Waals surface area (Å²) in [4.78, 5) is 14.6. The molecule has 6 nitrogen and oxygen atoms in total. The van der Waals surface area contributed by atoms with Crippen molar-refractivity contribution < 1.29 is 9.53 Å². The van der Waals surface area contributed by atoms with Crippen LogP contribution >= 0.6 is 0 Å². The number of likely N-dealkylation sites (tertiary alicyclic amines) is 1. The molecule has 1 amide bonds. The zero-order chi connectivity index (χ0) is 17.3. The Morgan fingerprint density at radius 3 is 2.75 bits per heavy atom. The van der Waals surface area contributed by atoms with Crippen LogP contribution in [0.15, 0.2) is 30.3 Å². The average Bonchev–Trinajstić information content (AvgIpc) is 3.11. The maximum atomic E-state index is 12.6. The van der Waals surface area contributed by atoms with E-state index in [0.29, 0.717) is 12.2 Å². The van der Waals surface area contributed by atoms with E-state index < -0.39 is 0 Å². The number of hydrogen-bond donors (Lipinski definition) is 1. The third-order valence-corrected chi connectivity index (χ3v) is 4.70. The molecule has 0 unspecified atom stereocenters. The van der Waals surface area contributed by atoms with Crippen molar-refractivity contribution in [3.63, 3.8) is 0 Å². The minimum atomic E-state index is -0.174. The van der Waals surface area contributed by atoms with Crippen LogP contribution in [0.1, 0.15) is 12.0 Å². The Kier molecular flexibility index (Phi) is 4.69. The number of nitrogens with zero attached hydrogens (tertiary/aromatic N) is 3. The minimum Gasteiger partial charge on any atom is -0.380 e. The van der Waals surface area contributed by atoms with E-state index in [9.17, 15) is 4.79 Å². The first-order valence-electron chi connectivity index (χ1n) is 8.13. The molecule has 1 aromatic carbocycles. The predicted molar refractivity (Wildman–Crippen MR) is 93.8 cm³/mol. The normalized spacial score (nSPS) is 21.2. The van der Waals surface area contributed by atoms with Crippen molar-refractivity contribution >= 4 is 11.7 Å². The van der Waals surface area contributed by atoms with Crippen molar-refractivity contribution in [1.82, 2.24) is 14.7 Å². The van der Waals surface area contributed by atoms with Crippen LogP contribution in [0, 0.1) is 6.92 Å². The van der Waals surface area contributed by atoms with Gasteiger partial charge >= 0.3 is 0 Å². The average molecular weight is 328 g/mol. The van der Waals surface area contributed by atoms with Crippen LogP contribution in [-0.2, 0) is 16.6 Å². The van der Waals surface area contributed by atoms with Gasteiger partial charge in [-0.1, -0.05) is 24.3 Å². The summed E-state index contributed by atoms with van der Waals surface area (Å²) in [7, 11) is 5.48. The number of ether oxygens (including phenoxy) is 1. The van der Waals surface area contributed by atoms with Gasteiger partial charge in [-0.05, 0) is 26.0 Å². The number of rotatable bonds is 4. The number of carbonyl (C=O) groups excluding carboxylic acids is 1. The lowest BCUT2D eigenvalue weighted by Gasteiger charge is -2.17. The molecule has 24 heavy (non-hydrogen) atoms. The van der Waals surface area contributed by atoms with Crippen molar-refractivity contribution in [2.24, 2.45) is 7.05 Å². The molecule has 0 saturated carbocycles. The highest BCUT2D eigenvalue weighted by atomic mass is 16.5. The molecule has 1 aliphatic heterocycles. The molecule has 0 radical (unpaired) electrons. The second kappa shape index (κ2) is 6.75. The Labute approximate surface area is 142 Å². The molecule has 1 N–H and O–H groups in total. The maximum Gasteiger partial charge on any atom is 0.242 e. The van der Waals surface area contributed by atoms with Crippen molar-refractivity contribution in [3.8, 4) is 11.3 Å². The maximum absolute atomic E-state index is 12.6. The fourth-order valence-corrected chi connectivity index (χ4v) is 3.22. The summed E-state index contributed by atoms with van der Waals surface area (Å²) >= 11 is 0. The number of anilines is 1. The van der Waals surface area contributed by atoms with Gasteiger partial charge in [-0.2, -0.15) is 5.10 Å². The third kappa shape index (κ3) is 3.20. The van der Waals surface area contributed by atoms with Crippen LogP contribution < -0.4 is 5.32 Å². The van der Waals surface area contributed by atoms with Crippen LogP contribution in [-0.4, -0.2) is 53.4 Å². The van der Waals surface area contributed by atoms with E-state index >= 15 is 0 Å². The summed E-state index contributed by atoms with van der Waals surface area (Å²) in [6, 6.07) is 9.84. The number of aromatic nitrogens is 2. The molecule has 1 fully saturated rings. The largest absolute Gasteiger partial charge is 0.380 e. The standard InChI is InChI=1S/C18H24N4O2/c1-12-7-5-6-8-14(12)15-10-17(22(3)20-15)19-18(23)16-9-13(24-4)11-21(16)2/h5-8,10,13,16H,9,11H2,1-4H3,(H,19,23)/t13-,16-/m0/s1. The number of carbonyl (C=O) groups is 1. The van der Waals surface area contributed by atoms with Gasteiger partial charge in [0.15, 0.2) is 0 Å². The smallest absolute Gasteiger partial charge is 0.242 e. The van der Waals surface area contributed by atoms with Crippen molar-refractivity contribution in [2.45, 2.75) is 25.5 Å². The topological polar surface area (TPSA) is 59.4 Å². The number of nitrogens with one attached hydrogen (secondary N) is 1. The van der Waals surface area contributed by atoms with Crippen LogP contribution in [0.3, 0.4) is 0 Å². The molecular weight excluding hydrogens is 304 g/mol. The monoisotopic (exact) mass is 328 g/mol. The summed E-state index contributed by atoms with van der Waals surface area (Å²) in [5.41, 5.74) is 3.10. The van der Waals surface area contributed by atoms with Gasteiger partial charge in [-0.25, -0.2) is 0 Å². The minimum absolute atomic E-state index is 0.0172. The molecule has 2 heterocycles. The van der Waals surface area contributed by atoms with E-state index in [1.54, 1.807) is 11.8 Å². The van der Waals surface area contributed by atoms with E-state index in [-0.39, 0.29) is 18.1 Å². The molecule has 2 aromatic rings. The summed E-state index contributed by atoms with van der Waals surface area (Å²) in [5, 5.41) is 7.54. The number of amides is 1. The zero-order valence-corrected chi connectivity index (χ0v) is 14.6. The first-order chi connectivity index (χ1) is 11.5. The molecule has 3 rings (SSSR count). The fourth-order valence-electron chi connectivity index (χ4n) is 3.22. The lowest BCUT2D eigenvalue weighted by atomic mass is 10.1. The zero-order valence-electron chi connectivity index (χ0n) is 14.6. The number of methoxy groups -OCH3 is 1. The number of likely N-dealkylation sites (N-methyl/N-ethyl adjacent to an activating group) is 1. The van der Waals surface area contributed by atoms with Gasteiger partial charge in [0.05, 0.1) is 17.8 Å². The molecular formula is C18H24N4O2. The molecule has 1 saturated heterocycles. The van der Waals surface area contributed by atoms with Crippen LogP contribution in [0.2, 0.25) is 0 Å². The van der Waals surface area contributed by atoms with Crippen molar-refractivity contribution in [2.75, 3.05) is 26.0 Å². The molecule has 0 bridgehead atoms. The van der Waals surface area contributed by atoms with E-state index in [1.165, 1.54) is 0 Å². The van der Waals surface area contributed by atoms with Gasteiger partial charge in [-0.3, -0.25) is 14.4 Å². The Morgan fingerprint density at radius 1 is 1.33 bits per heavy atom. The summed E-state index contributed by atoms with van der Waals surface area (Å²) in [6.07, 6.45) is 0.821. The molecule has 0 aliphatic carbocycles. The van der Waals surface area contributed by atoms with E-state index in [2.05, 4.69) is 23.4 Å². The van der Waals surface area contributed by atoms with Gasteiger partial charge in [0.2, 0.25) is 5.91 Å². The first kappa shape index (κ1) is 16.7. The highest BCUT2D eigenvalue weighted by molar-refractivity contribution is 5.94. The Hall–Kier alpha value is -2.18. The lowest BCUT2D eigenvalue weighted by Crippen LogP contribution is -2.37. The van der Waals surface area contributed by atoms with E-state index in [4.69, 9.17) is 4.74 Å². The predicted octanol–water partition coefficient (Wildman–Crippen LogP) is 2.05. The second-order valence-electron chi connectivity index (χ2n) is 6.39. The highest BCUT2D eigenvalue weighted by Crippen LogP contribution is 2.25. The Balaban J connectivity index is 1.77. The molecule has 2 atom stereocenters. The molecule has 1 aliphatic rings. The van der Waals surface area contributed by atoms with Crippen LogP contribution in [0.4, 0.5) is 5.82 Å². The molecule has 128 valence electrons. The summed E-state index contributed by atoms with van der Waals surface area (Å²) in [5.74, 6) is 0.684. The van der Waals surface area contributed by atoms with Crippen molar-refractivity contribution in [3.05, 3.63) is 35.9 Å². The first-order valence-corrected chi connectivity index (χ1v) is 8.13. The molecule has 1 aromatic heterocycles. The van der Waals surface area contributed by atoms with Crippen LogP contribution in [0.25, 0.3) is 11.3 Å². The van der Waals surface area contributed by atoms with Gasteiger partial charge in [0, 0.05) is 32.3 Å². The lowest BCUT2D eigenvalue weighted by molar-refractivity contribution is -0.120.